The maximum absolute atomic E-state index is 11.4. The minimum atomic E-state index is -1.00. The Morgan fingerprint density at radius 1 is 1.42 bits per heavy atom. The number of imide groups is 1. The number of nitro groups is 1. The SMILES string of the molecule is O=NN1C(=O)CN(/N=C/c2ccc([N+](=O)[O-])o2)C1=O. The van der Waals surface area contributed by atoms with Crippen LogP contribution in [0.25, 0.3) is 0 Å². The minimum Gasteiger partial charge on any atom is -0.400 e. The van der Waals surface area contributed by atoms with E-state index in [0.29, 0.717) is 5.01 Å². The quantitative estimate of drug-likeness (QED) is 0.255. The van der Waals surface area contributed by atoms with Crippen LogP contribution >= 0.6 is 0 Å². The van der Waals surface area contributed by atoms with Gasteiger partial charge in [0, 0.05) is 0 Å². The highest BCUT2D eigenvalue weighted by Gasteiger charge is 2.37. The summed E-state index contributed by atoms with van der Waals surface area (Å²) >= 11 is 0. The number of amides is 3. The number of rotatable bonds is 4. The van der Waals surface area contributed by atoms with Crippen molar-refractivity contribution in [2.75, 3.05) is 6.54 Å². The standard InChI is InChI=1S/C8H5N5O6/c14-6-4-11(8(15)12(6)10-16)9-3-5-1-2-7(19-5)13(17)18/h1-3H,4H2/b9-3+. The van der Waals surface area contributed by atoms with Crippen molar-refractivity contribution in [1.29, 1.82) is 0 Å². The van der Waals surface area contributed by atoms with Crippen LogP contribution in [0.5, 0.6) is 0 Å². The first-order chi connectivity index (χ1) is 9.02. The molecule has 3 amide bonds. The van der Waals surface area contributed by atoms with E-state index in [4.69, 9.17) is 4.42 Å². The Balaban J connectivity index is 2.10. The Morgan fingerprint density at radius 2 is 2.16 bits per heavy atom. The molecule has 1 aromatic rings. The van der Waals surface area contributed by atoms with Gasteiger partial charge in [0.15, 0.2) is 5.76 Å². The van der Waals surface area contributed by atoms with E-state index in [-0.39, 0.29) is 10.8 Å². The highest BCUT2D eigenvalue weighted by Crippen LogP contribution is 2.15. The van der Waals surface area contributed by atoms with Gasteiger partial charge in [0.05, 0.1) is 17.6 Å². The van der Waals surface area contributed by atoms with E-state index in [1.54, 1.807) is 0 Å². The van der Waals surface area contributed by atoms with Gasteiger partial charge in [0.2, 0.25) is 0 Å². The van der Waals surface area contributed by atoms with Crippen LogP contribution in [0.3, 0.4) is 0 Å². The van der Waals surface area contributed by atoms with Gasteiger partial charge in [-0.15, -0.1) is 9.92 Å². The number of urea groups is 1. The van der Waals surface area contributed by atoms with Crippen molar-refractivity contribution in [3.8, 4) is 0 Å². The zero-order valence-corrected chi connectivity index (χ0v) is 9.12. The second-order valence-electron chi connectivity index (χ2n) is 3.31. The Morgan fingerprint density at radius 3 is 2.68 bits per heavy atom. The molecule has 0 atom stereocenters. The van der Waals surface area contributed by atoms with Gasteiger partial charge in [-0.1, -0.05) is 0 Å². The summed E-state index contributed by atoms with van der Waals surface area (Å²) < 4.78 is 4.75. The molecule has 11 nitrogen and oxygen atoms in total. The first-order valence-electron chi connectivity index (χ1n) is 4.79. The lowest BCUT2D eigenvalue weighted by atomic mass is 10.5. The highest BCUT2D eigenvalue weighted by molar-refractivity contribution is 6.01. The van der Waals surface area contributed by atoms with Gasteiger partial charge in [0.1, 0.15) is 11.5 Å². The number of furan rings is 1. The molecule has 98 valence electrons. The summed E-state index contributed by atoms with van der Waals surface area (Å²) in [4.78, 5) is 42.3. The van der Waals surface area contributed by atoms with Crippen LogP contribution < -0.4 is 0 Å². The van der Waals surface area contributed by atoms with Gasteiger partial charge in [-0.3, -0.25) is 14.9 Å². The Bertz CT molecular complexity index is 592. The number of carbonyl (C=O) groups excluding carboxylic acids is 2. The summed E-state index contributed by atoms with van der Waals surface area (Å²) in [6.07, 6.45) is 1.01. The third-order valence-corrected chi connectivity index (χ3v) is 2.12. The molecule has 1 aliphatic rings. The third-order valence-electron chi connectivity index (χ3n) is 2.12. The van der Waals surface area contributed by atoms with Crippen molar-refractivity contribution in [2.45, 2.75) is 0 Å². The van der Waals surface area contributed by atoms with E-state index in [1.165, 1.54) is 6.07 Å². The van der Waals surface area contributed by atoms with E-state index in [1.807, 2.05) is 0 Å². The molecule has 0 spiro atoms. The number of hydrogen-bond acceptors (Lipinski definition) is 8. The van der Waals surface area contributed by atoms with Crippen molar-refractivity contribution in [1.82, 2.24) is 10.0 Å². The molecule has 0 N–H and O–H groups in total. The summed E-state index contributed by atoms with van der Waals surface area (Å²) in [5, 5.41) is 17.0. The molecule has 0 aliphatic carbocycles. The molecule has 2 heterocycles. The lowest BCUT2D eigenvalue weighted by molar-refractivity contribution is -0.402. The fourth-order valence-corrected chi connectivity index (χ4v) is 1.29. The summed E-state index contributed by atoms with van der Waals surface area (Å²) in [6, 6.07) is 1.37. The fourth-order valence-electron chi connectivity index (χ4n) is 1.29. The predicted octanol–water partition coefficient (Wildman–Crippen LogP) is 0.467. The number of hydrazone groups is 1. The second kappa shape index (κ2) is 4.64. The molecule has 11 heteroatoms. The van der Waals surface area contributed by atoms with Crippen LogP contribution in [0.1, 0.15) is 5.76 Å². The molecule has 0 aromatic carbocycles. The number of nitrogens with zero attached hydrogens (tertiary/aromatic N) is 5. The third kappa shape index (κ3) is 2.29. The first-order valence-corrected chi connectivity index (χ1v) is 4.79. The van der Waals surface area contributed by atoms with Crippen LogP contribution in [0.15, 0.2) is 26.9 Å². The normalized spacial score (nSPS) is 15.6. The van der Waals surface area contributed by atoms with Gasteiger partial charge >= 0.3 is 11.9 Å². The molecule has 2 rings (SSSR count). The van der Waals surface area contributed by atoms with Crippen LogP contribution in [-0.2, 0) is 4.79 Å². The van der Waals surface area contributed by atoms with Crippen LogP contribution in [-0.4, -0.2) is 39.6 Å². The fraction of sp³-hybridized carbons (Fsp3) is 0.125. The molecule has 19 heavy (non-hydrogen) atoms. The summed E-state index contributed by atoms with van der Waals surface area (Å²) in [5.74, 6) is -1.28. The topological polar surface area (TPSA) is 139 Å². The molecule has 0 bridgehead atoms. The maximum Gasteiger partial charge on any atom is 0.433 e. The van der Waals surface area contributed by atoms with Gasteiger partial charge < -0.3 is 4.42 Å². The largest absolute Gasteiger partial charge is 0.433 e. The zero-order valence-electron chi connectivity index (χ0n) is 9.12. The van der Waals surface area contributed by atoms with E-state index in [9.17, 15) is 24.6 Å². The van der Waals surface area contributed by atoms with Crippen molar-refractivity contribution in [3.05, 3.63) is 32.9 Å². The van der Waals surface area contributed by atoms with Gasteiger partial charge in [-0.05, 0) is 6.07 Å². The monoisotopic (exact) mass is 267 g/mol. The van der Waals surface area contributed by atoms with Crippen LogP contribution in [0.4, 0.5) is 10.7 Å². The summed E-state index contributed by atoms with van der Waals surface area (Å²) in [6.45, 7) is -0.441. The highest BCUT2D eigenvalue weighted by atomic mass is 16.6. The van der Waals surface area contributed by atoms with Gasteiger partial charge in [0.25, 0.3) is 5.91 Å². The first kappa shape index (κ1) is 12.3. The summed E-state index contributed by atoms with van der Waals surface area (Å²) in [7, 11) is 0. The molecular formula is C8H5N5O6. The van der Waals surface area contributed by atoms with E-state index in [0.717, 1.165) is 12.3 Å². The molecule has 1 aliphatic heterocycles. The van der Waals surface area contributed by atoms with Crippen molar-refractivity contribution >= 4 is 24.0 Å². The van der Waals surface area contributed by atoms with Crippen molar-refractivity contribution in [2.24, 2.45) is 10.4 Å². The predicted molar refractivity (Wildman–Crippen MR) is 57.7 cm³/mol. The smallest absolute Gasteiger partial charge is 0.400 e. The van der Waals surface area contributed by atoms with Crippen molar-refractivity contribution < 1.29 is 18.9 Å². The molecule has 0 radical (unpaired) electrons. The maximum atomic E-state index is 11.4. The minimum absolute atomic E-state index is 0.0180. The molecule has 1 fully saturated rings. The van der Waals surface area contributed by atoms with Crippen LogP contribution in [0, 0.1) is 15.0 Å². The zero-order chi connectivity index (χ0) is 14.0. The molecule has 1 aromatic heterocycles. The number of hydrogen-bond donors (Lipinski definition) is 0. The Labute approximate surface area is 104 Å². The molecule has 0 saturated carbocycles. The Kier molecular flexibility index (Phi) is 3.01. The van der Waals surface area contributed by atoms with E-state index in [2.05, 4.69) is 10.4 Å². The molecular weight excluding hydrogens is 262 g/mol. The molecule has 1 saturated heterocycles. The lowest BCUT2D eigenvalue weighted by Gasteiger charge is -2.04. The van der Waals surface area contributed by atoms with E-state index < -0.39 is 29.3 Å². The number of nitroso groups, excluding NO2 is 1. The van der Waals surface area contributed by atoms with Crippen molar-refractivity contribution in [3.63, 3.8) is 0 Å². The van der Waals surface area contributed by atoms with Gasteiger partial charge in [-0.2, -0.15) is 5.10 Å². The van der Waals surface area contributed by atoms with E-state index >= 15 is 0 Å². The average Bonchev–Trinajstić information content (AvgIpc) is 2.92. The van der Waals surface area contributed by atoms with Crippen LogP contribution in [0.2, 0.25) is 0 Å². The second-order valence-corrected chi connectivity index (χ2v) is 3.31. The summed E-state index contributed by atoms with van der Waals surface area (Å²) in [5.41, 5.74) is 0. The lowest BCUT2D eigenvalue weighted by Crippen LogP contribution is -2.25. The van der Waals surface area contributed by atoms with Gasteiger partial charge in [-0.25, -0.2) is 9.80 Å². The number of carbonyl (C=O) groups is 2. The average molecular weight is 267 g/mol. The Hall–Kier alpha value is -3.11. The molecule has 0 unspecified atom stereocenters.